The molecule has 1 amide bonds. The molecule has 8 nitrogen and oxygen atoms in total. The van der Waals surface area contributed by atoms with E-state index >= 15 is 0 Å². The number of para-hydroxylation sites is 1. The number of sulfonamides is 1. The van der Waals surface area contributed by atoms with Gasteiger partial charge in [-0.05, 0) is 53.6 Å². The third-order valence-corrected chi connectivity index (χ3v) is 6.29. The zero-order chi connectivity index (χ0) is 27.8. The second-order valence-electron chi connectivity index (χ2n) is 8.87. The van der Waals surface area contributed by atoms with E-state index in [1.807, 2.05) is 84.9 Å². The van der Waals surface area contributed by atoms with Gasteiger partial charge in [0.15, 0.2) is 0 Å². The van der Waals surface area contributed by atoms with Crippen molar-refractivity contribution in [3.05, 3.63) is 125 Å². The molecule has 0 aliphatic rings. The summed E-state index contributed by atoms with van der Waals surface area (Å²) in [4.78, 5) is 27.7. The minimum Gasteiger partial charge on any atom is -0.465 e. The Hall–Kier alpha value is -4.63. The number of nitrogens with one attached hydrogen (secondary N) is 1. The highest BCUT2D eigenvalue weighted by Gasteiger charge is 2.21. The number of methoxy groups -OCH3 is 1. The maximum atomic E-state index is 13.8. The summed E-state index contributed by atoms with van der Waals surface area (Å²) in [6, 6.07) is 30.5. The van der Waals surface area contributed by atoms with Crippen molar-refractivity contribution in [3.8, 4) is 11.5 Å². The predicted molar refractivity (Wildman–Crippen MR) is 149 cm³/mol. The van der Waals surface area contributed by atoms with Crippen LogP contribution in [0.4, 0.5) is 5.69 Å². The van der Waals surface area contributed by atoms with Crippen molar-refractivity contribution >= 4 is 27.6 Å². The Bertz CT molecular complexity index is 1540. The topological polar surface area (TPSA) is 102 Å². The quantitative estimate of drug-likeness (QED) is 0.265. The molecular formula is C30H28N2O6S. The van der Waals surface area contributed by atoms with Crippen LogP contribution < -0.4 is 9.46 Å². The van der Waals surface area contributed by atoms with Gasteiger partial charge >= 0.3 is 5.97 Å². The van der Waals surface area contributed by atoms with Crippen LogP contribution in [0.3, 0.4) is 0 Å². The van der Waals surface area contributed by atoms with Crippen LogP contribution in [0, 0.1) is 0 Å². The zero-order valence-electron chi connectivity index (χ0n) is 21.5. The summed E-state index contributed by atoms with van der Waals surface area (Å²) < 4.78 is 36.7. The fourth-order valence-corrected chi connectivity index (χ4v) is 4.50. The van der Waals surface area contributed by atoms with Gasteiger partial charge in [-0.2, -0.15) is 0 Å². The second kappa shape index (κ2) is 12.3. The van der Waals surface area contributed by atoms with Gasteiger partial charge in [0.25, 0.3) is 5.91 Å². The van der Waals surface area contributed by atoms with Gasteiger partial charge in [0.2, 0.25) is 10.0 Å². The molecule has 0 fully saturated rings. The van der Waals surface area contributed by atoms with E-state index < -0.39 is 16.0 Å². The highest BCUT2D eigenvalue weighted by molar-refractivity contribution is 7.92. The molecule has 0 saturated heterocycles. The molecule has 4 rings (SSSR count). The molecule has 4 aromatic rings. The van der Waals surface area contributed by atoms with E-state index in [1.165, 1.54) is 25.3 Å². The molecule has 200 valence electrons. The van der Waals surface area contributed by atoms with Gasteiger partial charge in [-0.15, -0.1) is 0 Å². The first-order chi connectivity index (χ1) is 18.7. The average molecular weight is 545 g/mol. The second-order valence-corrected chi connectivity index (χ2v) is 10.6. The maximum absolute atomic E-state index is 13.8. The highest BCUT2D eigenvalue weighted by Crippen LogP contribution is 2.24. The van der Waals surface area contributed by atoms with E-state index in [4.69, 9.17) is 9.47 Å². The lowest BCUT2D eigenvalue weighted by molar-refractivity contribution is 0.0600. The van der Waals surface area contributed by atoms with E-state index in [9.17, 15) is 18.0 Å². The fraction of sp³-hybridized carbons (Fsp3) is 0.133. The van der Waals surface area contributed by atoms with Crippen LogP contribution >= 0.6 is 0 Å². The van der Waals surface area contributed by atoms with Crippen molar-refractivity contribution < 1.29 is 27.5 Å². The van der Waals surface area contributed by atoms with Crippen molar-refractivity contribution in [1.29, 1.82) is 0 Å². The average Bonchev–Trinajstić information content (AvgIpc) is 2.93. The first-order valence-electron chi connectivity index (χ1n) is 12.1. The Labute approximate surface area is 227 Å². The molecule has 0 heterocycles. The summed E-state index contributed by atoms with van der Waals surface area (Å²) in [6.07, 6.45) is 0.992. The lowest BCUT2D eigenvalue weighted by atomic mass is 10.1. The zero-order valence-corrected chi connectivity index (χ0v) is 22.4. The number of rotatable bonds is 10. The molecule has 0 bridgehead atoms. The number of amides is 1. The molecule has 0 unspecified atom stereocenters. The van der Waals surface area contributed by atoms with Crippen molar-refractivity contribution in [2.24, 2.45) is 0 Å². The Morgan fingerprint density at radius 3 is 1.87 bits per heavy atom. The van der Waals surface area contributed by atoms with E-state index in [0.717, 1.165) is 23.1 Å². The van der Waals surface area contributed by atoms with Crippen molar-refractivity contribution in [2.75, 3.05) is 18.1 Å². The van der Waals surface area contributed by atoms with Gasteiger partial charge in [0.1, 0.15) is 11.5 Å². The Morgan fingerprint density at radius 1 is 0.744 bits per heavy atom. The van der Waals surface area contributed by atoms with Crippen LogP contribution in [0.2, 0.25) is 0 Å². The molecule has 0 aliphatic carbocycles. The van der Waals surface area contributed by atoms with E-state index in [0.29, 0.717) is 12.3 Å². The number of esters is 1. The van der Waals surface area contributed by atoms with Crippen LogP contribution in [-0.4, -0.2) is 38.6 Å². The van der Waals surface area contributed by atoms with E-state index in [2.05, 4.69) is 4.72 Å². The van der Waals surface area contributed by atoms with Gasteiger partial charge in [-0.25, -0.2) is 13.2 Å². The van der Waals surface area contributed by atoms with Gasteiger partial charge in [-0.3, -0.25) is 9.52 Å². The fourth-order valence-electron chi connectivity index (χ4n) is 3.95. The summed E-state index contributed by atoms with van der Waals surface area (Å²) in [7, 11) is -2.44. The number of ether oxygens (including phenoxy) is 2. The molecular weight excluding hydrogens is 516 g/mol. The van der Waals surface area contributed by atoms with Crippen LogP contribution in [-0.2, 0) is 27.8 Å². The molecule has 39 heavy (non-hydrogen) atoms. The molecule has 0 spiro atoms. The van der Waals surface area contributed by atoms with Crippen molar-refractivity contribution in [3.63, 3.8) is 0 Å². The van der Waals surface area contributed by atoms with E-state index in [1.54, 1.807) is 4.90 Å². The lowest BCUT2D eigenvalue weighted by Crippen LogP contribution is -2.30. The molecule has 0 saturated carbocycles. The predicted octanol–water partition coefficient (Wildman–Crippen LogP) is 5.48. The summed E-state index contributed by atoms with van der Waals surface area (Å²) in [5.74, 6) is 0.305. The monoisotopic (exact) mass is 544 g/mol. The summed E-state index contributed by atoms with van der Waals surface area (Å²) in [5, 5.41) is 0. The van der Waals surface area contributed by atoms with Crippen LogP contribution in [0.1, 0.15) is 31.8 Å². The number of nitrogens with zero attached hydrogens (tertiary/aromatic N) is 1. The number of benzene rings is 4. The minimum absolute atomic E-state index is 0.0524. The van der Waals surface area contributed by atoms with Crippen molar-refractivity contribution in [2.45, 2.75) is 13.1 Å². The molecule has 9 heteroatoms. The number of carbonyl (C=O) groups excluding carboxylic acids is 2. The Morgan fingerprint density at radius 2 is 1.28 bits per heavy atom. The Kier molecular flexibility index (Phi) is 8.63. The van der Waals surface area contributed by atoms with E-state index in [-0.39, 0.29) is 29.3 Å². The molecule has 0 aliphatic heterocycles. The van der Waals surface area contributed by atoms with Gasteiger partial charge in [-0.1, -0.05) is 60.7 Å². The van der Waals surface area contributed by atoms with Gasteiger partial charge in [0.05, 0.1) is 24.6 Å². The lowest BCUT2D eigenvalue weighted by Gasteiger charge is -2.24. The number of carbonyl (C=O) groups is 2. The highest BCUT2D eigenvalue weighted by atomic mass is 32.2. The Balaban J connectivity index is 1.64. The standard InChI is InChI=1S/C30H28N2O6S/c1-37-30(34)25-17-24(18-26(19-25)31-39(2,35)36)29(33)32(20-22-9-5-3-6-10-22)21-23-13-15-28(16-14-23)38-27-11-7-4-8-12-27/h3-19,31H,20-21H2,1-2H3. The van der Waals surface area contributed by atoms with Crippen molar-refractivity contribution in [1.82, 2.24) is 4.90 Å². The molecule has 4 aromatic carbocycles. The SMILES string of the molecule is COC(=O)c1cc(NS(C)(=O)=O)cc(C(=O)N(Cc2ccccc2)Cc2ccc(Oc3ccccc3)cc2)c1. The summed E-state index contributed by atoms with van der Waals surface area (Å²) >= 11 is 0. The molecule has 0 atom stereocenters. The first-order valence-corrected chi connectivity index (χ1v) is 14.0. The third-order valence-electron chi connectivity index (χ3n) is 5.68. The van der Waals surface area contributed by atoms with Crippen LogP contribution in [0.5, 0.6) is 11.5 Å². The number of hydrogen-bond acceptors (Lipinski definition) is 6. The smallest absolute Gasteiger partial charge is 0.337 e. The first kappa shape index (κ1) is 27.4. The largest absolute Gasteiger partial charge is 0.465 e. The minimum atomic E-state index is -3.65. The molecule has 0 aromatic heterocycles. The number of anilines is 1. The van der Waals surface area contributed by atoms with Gasteiger partial charge < -0.3 is 14.4 Å². The summed E-state index contributed by atoms with van der Waals surface area (Å²) in [6.45, 7) is 0.551. The van der Waals surface area contributed by atoms with Crippen LogP contribution in [0.25, 0.3) is 0 Å². The number of hydrogen-bond donors (Lipinski definition) is 1. The van der Waals surface area contributed by atoms with Gasteiger partial charge in [0, 0.05) is 18.7 Å². The summed E-state index contributed by atoms with van der Waals surface area (Å²) in [5.41, 5.74) is 2.05. The molecule has 1 N–H and O–H groups in total. The molecule has 0 radical (unpaired) electrons. The maximum Gasteiger partial charge on any atom is 0.337 e. The normalized spacial score (nSPS) is 10.9. The third kappa shape index (κ3) is 7.93. The van der Waals surface area contributed by atoms with Crippen LogP contribution in [0.15, 0.2) is 103 Å².